The Balaban J connectivity index is 1.65. The fraction of sp³-hybridized carbons (Fsp3) is 0.600. The smallest absolute Gasteiger partial charge is 0.0212 e. The van der Waals surface area contributed by atoms with Crippen LogP contribution in [0.15, 0.2) is 18.2 Å². The molecular weight excluding hydrogens is 208 g/mol. The predicted octanol–water partition coefficient (Wildman–Crippen LogP) is 2.17. The van der Waals surface area contributed by atoms with Crippen molar-refractivity contribution < 1.29 is 0 Å². The van der Waals surface area contributed by atoms with E-state index in [2.05, 4.69) is 35.5 Å². The maximum absolute atomic E-state index is 3.42. The summed E-state index contributed by atoms with van der Waals surface area (Å²) in [5.74, 6) is 0.901. The second kappa shape index (κ2) is 4.79. The van der Waals surface area contributed by atoms with E-state index in [9.17, 15) is 0 Å². The minimum Gasteiger partial charge on any atom is -0.309 e. The molecule has 0 radical (unpaired) electrons. The Morgan fingerprint density at radius 2 is 1.94 bits per heavy atom. The predicted molar refractivity (Wildman–Crippen MR) is 70.9 cm³/mol. The van der Waals surface area contributed by atoms with Crippen molar-refractivity contribution in [2.24, 2.45) is 5.92 Å². The largest absolute Gasteiger partial charge is 0.309 e. The van der Waals surface area contributed by atoms with Gasteiger partial charge in [-0.2, -0.15) is 0 Å². The van der Waals surface area contributed by atoms with E-state index >= 15 is 0 Å². The Hall–Kier alpha value is -0.860. The average molecular weight is 230 g/mol. The molecular formula is C15H22N2. The molecule has 0 bridgehead atoms. The third kappa shape index (κ3) is 2.53. The van der Waals surface area contributed by atoms with E-state index in [1.54, 1.807) is 5.56 Å². The van der Waals surface area contributed by atoms with E-state index in [0.717, 1.165) is 19.0 Å². The SMILES string of the molecule is CN1CCC(Cc2ccc3c(c2)CNC3)CC1. The van der Waals surface area contributed by atoms with Gasteiger partial charge in [-0.25, -0.2) is 0 Å². The molecule has 1 saturated heterocycles. The molecule has 2 aliphatic rings. The van der Waals surface area contributed by atoms with Gasteiger partial charge >= 0.3 is 0 Å². The lowest BCUT2D eigenvalue weighted by Gasteiger charge is -2.29. The molecule has 92 valence electrons. The second-order valence-corrected chi connectivity index (χ2v) is 5.66. The lowest BCUT2D eigenvalue weighted by molar-refractivity contribution is 0.219. The number of nitrogens with one attached hydrogen (secondary N) is 1. The summed E-state index contributed by atoms with van der Waals surface area (Å²) in [5, 5.41) is 3.42. The first-order valence-electron chi connectivity index (χ1n) is 6.81. The van der Waals surface area contributed by atoms with Gasteiger partial charge in [-0.05, 0) is 62.0 Å². The van der Waals surface area contributed by atoms with Crippen LogP contribution < -0.4 is 5.32 Å². The van der Waals surface area contributed by atoms with Crippen molar-refractivity contribution in [3.8, 4) is 0 Å². The summed E-state index contributed by atoms with van der Waals surface area (Å²) in [6, 6.07) is 7.08. The van der Waals surface area contributed by atoms with E-state index in [1.807, 2.05) is 0 Å². The van der Waals surface area contributed by atoms with Gasteiger partial charge in [-0.15, -0.1) is 0 Å². The van der Waals surface area contributed by atoms with E-state index in [-0.39, 0.29) is 0 Å². The second-order valence-electron chi connectivity index (χ2n) is 5.66. The highest BCUT2D eigenvalue weighted by molar-refractivity contribution is 5.34. The van der Waals surface area contributed by atoms with Crippen molar-refractivity contribution in [1.82, 2.24) is 10.2 Å². The summed E-state index contributed by atoms with van der Waals surface area (Å²) in [6.45, 7) is 4.68. The van der Waals surface area contributed by atoms with Crippen molar-refractivity contribution in [2.45, 2.75) is 32.4 Å². The first kappa shape index (κ1) is 11.2. The standard InChI is InChI=1S/C15H22N2/c1-17-6-4-12(5-7-17)8-13-2-3-14-10-16-11-15(14)9-13/h2-3,9,12,16H,4-8,10-11H2,1H3. The zero-order chi connectivity index (χ0) is 11.7. The highest BCUT2D eigenvalue weighted by Gasteiger charge is 2.18. The van der Waals surface area contributed by atoms with Crippen LogP contribution in [0.4, 0.5) is 0 Å². The molecule has 2 heteroatoms. The molecule has 2 aliphatic heterocycles. The molecule has 0 atom stereocenters. The Bertz CT molecular complexity index is 392. The van der Waals surface area contributed by atoms with Crippen molar-refractivity contribution in [3.05, 3.63) is 34.9 Å². The summed E-state index contributed by atoms with van der Waals surface area (Å²) in [7, 11) is 2.23. The summed E-state index contributed by atoms with van der Waals surface area (Å²) in [4.78, 5) is 2.45. The summed E-state index contributed by atoms with van der Waals surface area (Å²) in [5.41, 5.74) is 4.56. The van der Waals surface area contributed by atoms with E-state index in [0.29, 0.717) is 0 Å². The number of benzene rings is 1. The van der Waals surface area contributed by atoms with Crippen molar-refractivity contribution in [1.29, 1.82) is 0 Å². The molecule has 1 fully saturated rings. The Labute approximate surface area is 104 Å². The molecule has 0 aromatic heterocycles. The molecule has 0 amide bonds. The molecule has 0 unspecified atom stereocenters. The molecule has 1 N–H and O–H groups in total. The third-order valence-corrected chi connectivity index (χ3v) is 4.26. The van der Waals surface area contributed by atoms with Crippen LogP contribution in [-0.4, -0.2) is 25.0 Å². The maximum atomic E-state index is 3.42. The zero-order valence-corrected chi connectivity index (χ0v) is 10.7. The molecule has 1 aromatic rings. The fourth-order valence-corrected chi connectivity index (χ4v) is 3.07. The minimum absolute atomic E-state index is 0.901. The van der Waals surface area contributed by atoms with Crippen LogP contribution in [0.3, 0.4) is 0 Å². The van der Waals surface area contributed by atoms with Gasteiger partial charge in [0.1, 0.15) is 0 Å². The number of hydrogen-bond donors (Lipinski definition) is 1. The van der Waals surface area contributed by atoms with Gasteiger partial charge in [0.05, 0.1) is 0 Å². The topological polar surface area (TPSA) is 15.3 Å². The Morgan fingerprint density at radius 3 is 2.76 bits per heavy atom. The van der Waals surface area contributed by atoms with Crippen LogP contribution in [0.5, 0.6) is 0 Å². The monoisotopic (exact) mass is 230 g/mol. The number of rotatable bonds is 2. The lowest BCUT2D eigenvalue weighted by atomic mass is 9.89. The molecule has 0 spiro atoms. The number of nitrogens with zero attached hydrogens (tertiary/aromatic N) is 1. The van der Waals surface area contributed by atoms with Crippen LogP contribution in [0, 0.1) is 5.92 Å². The number of fused-ring (bicyclic) bond motifs is 1. The third-order valence-electron chi connectivity index (χ3n) is 4.26. The van der Waals surface area contributed by atoms with E-state index in [1.165, 1.54) is 43.5 Å². The van der Waals surface area contributed by atoms with Crippen molar-refractivity contribution >= 4 is 0 Å². The van der Waals surface area contributed by atoms with Gasteiger partial charge < -0.3 is 10.2 Å². The van der Waals surface area contributed by atoms with Crippen LogP contribution in [0.1, 0.15) is 29.5 Å². The summed E-state index contributed by atoms with van der Waals surface area (Å²) < 4.78 is 0. The van der Waals surface area contributed by atoms with E-state index in [4.69, 9.17) is 0 Å². The van der Waals surface area contributed by atoms with Crippen LogP contribution in [-0.2, 0) is 19.5 Å². The quantitative estimate of drug-likeness (QED) is 0.837. The number of hydrogen-bond acceptors (Lipinski definition) is 2. The minimum atomic E-state index is 0.901. The fourth-order valence-electron chi connectivity index (χ4n) is 3.07. The Kier molecular flexibility index (Phi) is 3.17. The van der Waals surface area contributed by atoms with Gasteiger partial charge in [0, 0.05) is 13.1 Å². The number of piperidine rings is 1. The van der Waals surface area contributed by atoms with Gasteiger partial charge in [0.25, 0.3) is 0 Å². The summed E-state index contributed by atoms with van der Waals surface area (Å²) in [6.07, 6.45) is 4.01. The highest BCUT2D eigenvalue weighted by atomic mass is 15.1. The highest BCUT2D eigenvalue weighted by Crippen LogP contribution is 2.23. The van der Waals surface area contributed by atoms with Gasteiger partial charge in [0.15, 0.2) is 0 Å². The van der Waals surface area contributed by atoms with Gasteiger partial charge in [-0.3, -0.25) is 0 Å². The van der Waals surface area contributed by atoms with Crippen LogP contribution >= 0.6 is 0 Å². The molecule has 3 rings (SSSR count). The molecule has 2 heterocycles. The van der Waals surface area contributed by atoms with Crippen LogP contribution in [0.25, 0.3) is 0 Å². The first-order chi connectivity index (χ1) is 8.31. The maximum Gasteiger partial charge on any atom is 0.0212 e. The van der Waals surface area contributed by atoms with Crippen molar-refractivity contribution in [3.63, 3.8) is 0 Å². The summed E-state index contributed by atoms with van der Waals surface area (Å²) >= 11 is 0. The van der Waals surface area contributed by atoms with Crippen molar-refractivity contribution in [2.75, 3.05) is 20.1 Å². The zero-order valence-electron chi connectivity index (χ0n) is 10.7. The molecule has 17 heavy (non-hydrogen) atoms. The number of likely N-dealkylation sites (tertiary alicyclic amines) is 1. The first-order valence-corrected chi connectivity index (χ1v) is 6.81. The molecule has 1 aromatic carbocycles. The van der Waals surface area contributed by atoms with Gasteiger partial charge in [0.2, 0.25) is 0 Å². The van der Waals surface area contributed by atoms with Gasteiger partial charge in [-0.1, -0.05) is 18.2 Å². The normalized spacial score (nSPS) is 21.7. The Morgan fingerprint density at radius 1 is 1.18 bits per heavy atom. The average Bonchev–Trinajstić information content (AvgIpc) is 2.79. The van der Waals surface area contributed by atoms with E-state index < -0.39 is 0 Å². The lowest BCUT2D eigenvalue weighted by Crippen LogP contribution is -2.30. The molecule has 2 nitrogen and oxygen atoms in total. The molecule has 0 saturated carbocycles. The molecule has 0 aliphatic carbocycles. The van der Waals surface area contributed by atoms with Crippen LogP contribution in [0.2, 0.25) is 0 Å².